The summed E-state index contributed by atoms with van der Waals surface area (Å²) in [7, 11) is 0. The molecule has 1 aliphatic rings. The van der Waals surface area contributed by atoms with Gasteiger partial charge in [-0.2, -0.15) is 0 Å². The number of aliphatic hydroxyl groups is 1. The van der Waals surface area contributed by atoms with E-state index in [4.69, 9.17) is 4.74 Å². The van der Waals surface area contributed by atoms with E-state index in [1.807, 2.05) is 35.9 Å². The number of nitrogens with one attached hydrogen (secondary N) is 1. The van der Waals surface area contributed by atoms with Crippen molar-refractivity contribution in [3.8, 4) is 5.75 Å². The molecule has 2 aromatic heterocycles. The lowest BCUT2D eigenvalue weighted by atomic mass is 9.76. The highest BCUT2D eigenvalue weighted by atomic mass is 16.5. The molecule has 0 radical (unpaired) electrons. The normalized spacial score (nSPS) is 15.1. The van der Waals surface area contributed by atoms with E-state index in [9.17, 15) is 9.90 Å². The Bertz CT molecular complexity index is 977. The van der Waals surface area contributed by atoms with E-state index in [1.54, 1.807) is 24.3 Å². The Balaban J connectivity index is 1.31. The van der Waals surface area contributed by atoms with Crippen LogP contribution in [0.5, 0.6) is 5.75 Å². The summed E-state index contributed by atoms with van der Waals surface area (Å²) < 4.78 is 7.82. The molecule has 6 heteroatoms. The number of amides is 1. The van der Waals surface area contributed by atoms with Crippen LogP contribution in [0.4, 0.5) is 0 Å². The molecule has 152 valence electrons. The summed E-state index contributed by atoms with van der Waals surface area (Å²) in [6, 6.07) is 11.1. The first-order chi connectivity index (χ1) is 14.1. The van der Waals surface area contributed by atoms with Crippen LogP contribution in [0, 0.1) is 18.8 Å². The Morgan fingerprint density at radius 2 is 2.10 bits per heavy atom. The number of nitrogens with zero attached hydrogens (tertiary/aromatic N) is 2. The lowest BCUT2D eigenvalue weighted by Gasteiger charge is -2.32. The van der Waals surface area contributed by atoms with Gasteiger partial charge in [-0.1, -0.05) is 25.3 Å². The molecule has 6 nitrogen and oxygen atoms in total. The molecule has 2 heterocycles. The maximum Gasteiger partial charge on any atom is 0.251 e. The van der Waals surface area contributed by atoms with E-state index in [-0.39, 0.29) is 18.4 Å². The Morgan fingerprint density at radius 3 is 2.76 bits per heavy atom. The van der Waals surface area contributed by atoms with Crippen LogP contribution in [0.25, 0.3) is 5.65 Å². The number of carbonyl (C=O) groups excluding carboxylic acids is 1. The van der Waals surface area contributed by atoms with Gasteiger partial charge in [-0.05, 0) is 48.7 Å². The number of carbonyl (C=O) groups is 1. The number of benzene rings is 1. The van der Waals surface area contributed by atoms with Gasteiger partial charge in [0.2, 0.25) is 0 Å². The predicted octanol–water partition coefficient (Wildman–Crippen LogP) is 3.36. The molecular formula is C23H27N3O3. The Labute approximate surface area is 170 Å². The zero-order valence-electron chi connectivity index (χ0n) is 16.7. The number of ether oxygens (including phenoxy) is 1. The van der Waals surface area contributed by atoms with Crippen LogP contribution in [0.1, 0.15) is 40.9 Å². The first-order valence-electron chi connectivity index (χ1n) is 10.2. The zero-order valence-corrected chi connectivity index (χ0v) is 16.7. The summed E-state index contributed by atoms with van der Waals surface area (Å²) >= 11 is 0. The van der Waals surface area contributed by atoms with E-state index >= 15 is 0 Å². The highest BCUT2D eigenvalue weighted by Crippen LogP contribution is 2.32. The number of aryl methyl sites for hydroxylation is 1. The molecule has 1 atom stereocenters. The number of imidazole rings is 1. The van der Waals surface area contributed by atoms with Gasteiger partial charge in [0.1, 0.15) is 18.0 Å². The maximum absolute atomic E-state index is 12.4. The molecule has 0 unspecified atom stereocenters. The SMILES string of the molecule is Cc1cccn2cc(COc3ccc(C(=O)NC[C@@H](CO)C4CCC4)cc3)nc12. The smallest absolute Gasteiger partial charge is 0.251 e. The summed E-state index contributed by atoms with van der Waals surface area (Å²) in [6.07, 6.45) is 7.46. The lowest BCUT2D eigenvalue weighted by molar-refractivity contribution is 0.0890. The molecule has 1 aliphatic carbocycles. The minimum Gasteiger partial charge on any atom is -0.487 e. The number of pyridine rings is 1. The number of fused-ring (bicyclic) bond motifs is 1. The van der Waals surface area contributed by atoms with Crippen LogP contribution < -0.4 is 10.1 Å². The molecule has 29 heavy (non-hydrogen) atoms. The van der Waals surface area contributed by atoms with Crippen LogP contribution in [0.15, 0.2) is 48.8 Å². The minimum atomic E-state index is -0.120. The van der Waals surface area contributed by atoms with Crippen molar-refractivity contribution < 1.29 is 14.6 Å². The fraction of sp³-hybridized carbons (Fsp3) is 0.391. The summed E-state index contributed by atoms with van der Waals surface area (Å²) in [5.41, 5.74) is 3.49. The summed E-state index contributed by atoms with van der Waals surface area (Å²) in [5, 5.41) is 12.5. The van der Waals surface area contributed by atoms with Gasteiger partial charge in [-0.25, -0.2) is 4.98 Å². The highest BCUT2D eigenvalue weighted by Gasteiger charge is 2.26. The fourth-order valence-corrected chi connectivity index (χ4v) is 3.75. The van der Waals surface area contributed by atoms with Crippen molar-refractivity contribution in [2.24, 2.45) is 11.8 Å². The second kappa shape index (κ2) is 8.66. The number of hydrogen-bond donors (Lipinski definition) is 2. The molecule has 3 aromatic rings. The average Bonchev–Trinajstić information content (AvgIpc) is 3.13. The van der Waals surface area contributed by atoms with Gasteiger partial charge in [0.05, 0.1) is 5.69 Å². The van der Waals surface area contributed by atoms with Gasteiger partial charge in [0, 0.05) is 37.0 Å². The largest absolute Gasteiger partial charge is 0.487 e. The highest BCUT2D eigenvalue weighted by molar-refractivity contribution is 5.94. The van der Waals surface area contributed by atoms with Crippen molar-refractivity contribution in [2.75, 3.05) is 13.2 Å². The van der Waals surface area contributed by atoms with Crippen LogP contribution in [0.3, 0.4) is 0 Å². The van der Waals surface area contributed by atoms with E-state index in [2.05, 4.69) is 10.3 Å². The molecule has 1 saturated carbocycles. The number of aromatic nitrogens is 2. The van der Waals surface area contributed by atoms with E-state index in [0.29, 0.717) is 30.4 Å². The van der Waals surface area contributed by atoms with Crippen LogP contribution >= 0.6 is 0 Å². The second-order valence-electron chi connectivity index (χ2n) is 7.81. The first kappa shape index (κ1) is 19.5. The molecule has 1 amide bonds. The first-order valence-corrected chi connectivity index (χ1v) is 10.2. The number of aliphatic hydroxyl groups excluding tert-OH is 1. The quantitative estimate of drug-likeness (QED) is 0.615. The fourth-order valence-electron chi connectivity index (χ4n) is 3.75. The van der Waals surface area contributed by atoms with Gasteiger partial charge in [0.15, 0.2) is 0 Å². The second-order valence-corrected chi connectivity index (χ2v) is 7.81. The Morgan fingerprint density at radius 1 is 1.31 bits per heavy atom. The van der Waals surface area contributed by atoms with Crippen molar-refractivity contribution in [3.05, 3.63) is 65.6 Å². The molecule has 4 rings (SSSR count). The third kappa shape index (κ3) is 4.43. The Kier molecular flexibility index (Phi) is 5.81. The zero-order chi connectivity index (χ0) is 20.2. The van der Waals surface area contributed by atoms with Gasteiger partial charge < -0.3 is 19.6 Å². The molecule has 0 bridgehead atoms. The Hall–Kier alpha value is -2.86. The van der Waals surface area contributed by atoms with Crippen molar-refractivity contribution >= 4 is 11.6 Å². The van der Waals surface area contributed by atoms with Gasteiger partial charge in [-0.15, -0.1) is 0 Å². The standard InChI is InChI=1S/C23H27N3O3/c1-16-4-3-11-26-13-20(25-22(16)26)15-29-21-9-7-18(8-10-21)23(28)24-12-19(14-27)17-5-2-6-17/h3-4,7-11,13,17,19,27H,2,5-6,12,14-15H2,1H3,(H,24,28)/t19-/m0/s1. The summed E-state index contributed by atoms with van der Waals surface area (Å²) in [4.78, 5) is 17.0. The van der Waals surface area contributed by atoms with E-state index in [1.165, 1.54) is 6.42 Å². The monoisotopic (exact) mass is 393 g/mol. The van der Waals surface area contributed by atoms with Crippen LogP contribution in [-0.2, 0) is 6.61 Å². The molecular weight excluding hydrogens is 366 g/mol. The summed E-state index contributed by atoms with van der Waals surface area (Å²) in [6.45, 7) is 3.05. The van der Waals surface area contributed by atoms with Crippen LogP contribution in [-0.4, -0.2) is 33.6 Å². The molecule has 1 aromatic carbocycles. The molecule has 0 saturated heterocycles. The van der Waals surface area contributed by atoms with Gasteiger partial charge >= 0.3 is 0 Å². The topological polar surface area (TPSA) is 75.9 Å². The van der Waals surface area contributed by atoms with E-state index < -0.39 is 0 Å². The third-order valence-electron chi connectivity index (χ3n) is 5.81. The van der Waals surface area contributed by atoms with Crippen molar-refractivity contribution in [2.45, 2.75) is 32.8 Å². The van der Waals surface area contributed by atoms with Gasteiger partial charge in [-0.3, -0.25) is 4.79 Å². The van der Waals surface area contributed by atoms with Crippen molar-refractivity contribution in [3.63, 3.8) is 0 Å². The summed E-state index contributed by atoms with van der Waals surface area (Å²) in [5.74, 6) is 1.27. The van der Waals surface area contributed by atoms with Crippen molar-refractivity contribution in [1.29, 1.82) is 0 Å². The predicted molar refractivity (Wildman–Crippen MR) is 111 cm³/mol. The molecule has 0 spiro atoms. The van der Waals surface area contributed by atoms with Crippen molar-refractivity contribution in [1.82, 2.24) is 14.7 Å². The van der Waals surface area contributed by atoms with Gasteiger partial charge in [0.25, 0.3) is 5.91 Å². The lowest BCUT2D eigenvalue weighted by Crippen LogP contribution is -2.36. The number of rotatable bonds is 8. The number of hydrogen-bond acceptors (Lipinski definition) is 4. The maximum atomic E-state index is 12.4. The molecule has 2 N–H and O–H groups in total. The molecule has 0 aliphatic heterocycles. The third-order valence-corrected chi connectivity index (χ3v) is 5.81. The van der Waals surface area contributed by atoms with Crippen LogP contribution in [0.2, 0.25) is 0 Å². The minimum absolute atomic E-state index is 0.120. The molecule has 1 fully saturated rings. The average molecular weight is 393 g/mol. The van der Waals surface area contributed by atoms with E-state index in [0.717, 1.165) is 29.7 Å².